The van der Waals surface area contributed by atoms with E-state index in [9.17, 15) is 9.59 Å². The maximum atomic E-state index is 12.0. The molecule has 1 atom stereocenters. The number of carbonyl (C=O) groups excluding carboxylic acids is 1. The first-order chi connectivity index (χ1) is 9.47. The van der Waals surface area contributed by atoms with Crippen LogP contribution in [0.3, 0.4) is 0 Å². The van der Waals surface area contributed by atoms with E-state index in [0.29, 0.717) is 6.42 Å². The molecule has 0 radical (unpaired) electrons. The molecule has 0 saturated heterocycles. The number of urea groups is 1. The molecule has 0 heterocycles. The summed E-state index contributed by atoms with van der Waals surface area (Å²) >= 11 is 0. The van der Waals surface area contributed by atoms with Gasteiger partial charge in [0.05, 0.1) is 5.92 Å². The number of nitrogens with zero attached hydrogens (tertiary/aromatic N) is 1. The van der Waals surface area contributed by atoms with Gasteiger partial charge in [-0.3, -0.25) is 9.69 Å². The molecule has 2 amide bonds. The summed E-state index contributed by atoms with van der Waals surface area (Å²) < 4.78 is 0. The Bertz CT molecular complexity index is 474. The molecule has 1 aromatic carbocycles. The second-order valence-corrected chi connectivity index (χ2v) is 4.86. The van der Waals surface area contributed by atoms with Crippen LogP contribution in [0.1, 0.15) is 25.3 Å². The van der Waals surface area contributed by atoms with E-state index >= 15 is 0 Å². The van der Waals surface area contributed by atoms with Crippen LogP contribution in [0.5, 0.6) is 0 Å². The highest BCUT2D eigenvalue weighted by Gasteiger charge is 2.19. The minimum atomic E-state index is -0.870. The van der Waals surface area contributed by atoms with Gasteiger partial charge in [0.15, 0.2) is 0 Å². The highest BCUT2D eigenvalue weighted by atomic mass is 16.4. The van der Waals surface area contributed by atoms with Crippen LogP contribution in [0.25, 0.3) is 0 Å². The molecule has 0 fully saturated rings. The Morgan fingerprint density at radius 2 is 2.00 bits per heavy atom. The predicted molar refractivity (Wildman–Crippen MR) is 79.0 cm³/mol. The molecule has 0 saturated carbocycles. The van der Waals surface area contributed by atoms with Gasteiger partial charge < -0.3 is 10.4 Å². The molecule has 2 N–H and O–H groups in total. The molecule has 0 aliphatic rings. The Morgan fingerprint density at radius 3 is 2.55 bits per heavy atom. The highest BCUT2D eigenvalue weighted by molar-refractivity contribution is 5.92. The van der Waals surface area contributed by atoms with E-state index in [4.69, 9.17) is 5.11 Å². The molecular formula is C15H22N2O3. The fraction of sp³-hybridized carbons (Fsp3) is 0.467. The Labute approximate surface area is 119 Å². The first-order valence-corrected chi connectivity index (χ1v) is 6.77. The van der Waals surface area contributed by atoms with E-state index < -0.39 is 11.9 Å². The van der Waals surface area contributed by atoms with Gasteiger partial charge in [-0.25, -0.2) is 4.79 Å². The van der Waals surface area contributed by atoms with Crippen molar-refractivity contribution in [3.05, 3.63) is 29.8 Å². The Kier molecular flexibility index (Phi) is 6.03. The van der Waals surface area contributed by atoms with Gasteiger partial charge >= 0.3 is 12.0 Å². The molecule has 20 heavy (non-hydrogen) atoms. The summed E-state index contributed by atoms with van der Waals surface area (Å²) in [6.45, 7) is 4.01. The lowest BCUT2D eigenvalue weighted by Gasteiger charge is -2.21. The van der Waals surface area contributed by atoms with E-state index in [1.165, 1.54) is 4.90 Å². The van der Waals surface area contributed by atoms with Crippen LogP contribution in [0.2, 0.25) is 0 Å². The third-order valence-corrected chi connectivity index (χ3v) is 3.27. The van der Waals surface area contributed by atoms with Crippen LogP contribution >= 0.6 is 0 Å². The van der Waals surface area contributed by atoms with Gasteiger partial charge in [0.25, 0.3) is 0 Å². The van der Waals surface area contributed by atoms with Crippen molar-refractivity contribution in [3.8, 4) is 0 Å². The summed E-state index contributed by atoms with van der Waals surface area (Å²) in [5.74, 6) is -1.40. The fourth-order valence-corrected chi connectivity index (χ4v) is 2.04. The topological polar surface area (TPSA) is 69.6 Å². The average molecular weight is 278 g/mol. The number of para-hydroxylation sites is 1. The van der Waals surface area contributed by atoms with E-state index in [-0.39, 0.29) is 12.6 Å². The molecule has 0 spiro atoms. The number of hydrogen-bond acceptors (Lipinski definition) is 2. The Balaban J connectivity index is 2.62. The van der Waals surface area contributed by atoms with Crippen LogP contribution in [-0.4, -0.2) is 30.7 Å². The molecule has 110 valence electrons. The first-order valence-electron chi connectivity index (χ1n) is 6.77. The molecule has 0 aliphatic heterocycles. The SMILES string of the molecule is CCCC(CNC(=O)N(C)c1ccccc1C)C(=O)O. The second kappa shape index (κ2) is 7.53. The normalized spacial score (nSPS) is 11.8. The smallest absolute Gasteiger partial charge is 0.321 e. The number of carboxylic acids is 1. The maximum absolute atomic E-state index is 12.0. The zero-order chi connectivity index (χ0) is 15.1. The fourth-order valence-electron chi connectivity index (χ4n) is 2.04. The van der Waals surface area contributed by atoms with E-state index in [1.54, 1.807) is 7.05 Å². The molecule has 1 rings (SSSR count). The second-order valence-electron chi connectivity index (χ2n) is 4.86. The first kappa shape index (κ1) is 16.0. The van der Waals surface area contributed by atoms with E-state index in [1.807, 2.05) is 38.1 Å². The van der Waals surface area contributed by atoms with E-state index in [0.717, 1.165) is 17.7 Å². The summed E-state index contributed by atoms with van der Waals surface area (Å²) in [6.07, 6.45) is 1.34. The van der Waals surface area contributed by atoms with Crippen LogP contribution < -0.4 is 10.2 Å². The van der Waals surface area contributed by atoms with Gasteiger partial charge in [-0.05, 0) is 25.0 Å². The number of anilines is 1. The van der Waals surface area contributed by atoms with Crippen molar-refractivity contribution in [2.45, 2.75) is 26.7 Å². The van der Waals surface area contributed by atoms with Gasteiger partial charge in [-0.2, -0.15) is 0 Å². The van der Waals surface area contributed by atoms with Crippen LogP contribution in [0.4, 0.5) is 10.5 Å². The molecular weight excluding hydrogens is 256 g/mol. The number of carbonyl (C=O) groups is 2. The van der Waals surface area contributed by atoms with Crippen LogP contribution in [0.15, 0.2) is 24.3 Å². The Morgan fingerprint density at radius 1 is 1.35 bits per heavy atom. The highest BCUT2D eigenvalue weighted by Crippen LogP contribution is 2.17. The third kappa shape index (κ3) is 4.26. The van der Waals surface area contributed by atoms with Crippen molar-refractivity contribution in [1.29, 1.82) is 0 Å². The van der Waals surface area contributed by atoms with Gasteiger partial charge in [0.2, 0.25) is 0 Å². The van der Waals surface area contributed by atoms with Crippen LogP contribution in [-0.2, 0) is 4.79 Å². The average Bonchev–Trinajstić information content (AvgIpc) is 2.42. The number of rotatable bonds is 6. The van der Waals surface area contributed by atoms with Crippen molar-refractivity contribution >= 4 is 17.7 Å². The summed E-state index contributed by atoms with van der Waals surface area (Å²) in [7, 11) is 1.67. The molecule has 0 aliphatic carbocycles. The number of aliphatic carboxylic acids is 1. The summed E-state index contributed by atoms with van der Waals surface area (Å²) in [4.78, 5) is 24.6. The van der Waals surface area contributed by atoms with Gasteiger partial charge in [0, 0.05) is 19.3 Å². The van der Waals surface area contributed by atoms with Crippen molar-refractivity contribution in [2.75, 3.05) is 18.5 Å². The number of amides is 2. The monoisotopic (exact) mass is 278 g/mol. The maximum Gasteiger partial charge on any atom is 0.321 e. The number of nitrogens with one attached hydrogen (secondary N) is 1. The summed E-state index contributed by atoms with van der Waals surface area (Å²) in [5.41, 5.74) is 1.81. The van der Waals surface area contributed by atoms with Crippen molar-refractivity contribution in [2.24, 2.45) is 5.92 Å². The minimum Gasteiger partial charge on any atom is -0.481 e. The van der Waals surface area contributed by atoms with Gasteiger partial charge in [-0.15, -0.1) is 0 Å². The molecule has 5 nitrogen and oxygen atoms in total. The molecule has 1 unspecified atom stereocenters. The standard InChI is InChI=1S/C15H22N2O3/c1-4-7-12(14(18)19)10-16-15(20)17(3)13-9-6-5-8-11(13)2/h5-6,8-9,12H,4,7,10H2,1-3H3,(H,16,20)(H,18,19). The van der Waals surface area contributed by atoms with Gasteiger partial charge in [-0.1, -0.05) is 31.5 Å². The minimum absolute atomic E-state index is 0.151. The lowest BCUT2D eigenvalue weighted by molar-refractivity contribution is -0.141. The molecule has 5 heteroatoms. The van der Waals surface area contributed by atoms with Crippen molar-refractivity contribution < 1.29 is 14.7 Å². The predicted octanol–water partition coefficient (Wildman–Crippen LogP) is 2.64. The Hall–Kier alpha value is -2.04. The van der Waals surface area contributed by atoms with Gasteiger partial charge in [0.1, 0.15) is 0 Å². The zero-order valence-corrected chi connectivity index (χ0v) is 12.2. The third-order valence-electron chi connectivity index (χ3n) is 3.27. The number of aryl methyl sites for hydroxylation is 1. The van der Waals surface area contributed by atoms with Crippen molar-refractivity contribution in [1.82, 2.24) is 5.32 Å². The number of carboxylic acid groups (broad SMARTS) is 1. The molecule has 1 aromatic rings. The van der Waals surface area contributed by atoms with E-state index in [2.05, 4.69) is 5.32 Å². The summed E-state index contributed by atoms with van der Waals surface area (Å²) in [6, 6.07) is 7.27. The lowest BCUT2D eigenvalue weighted by Crippen LogP contribution is -2.41. The van der Waals surface area contributed by atoms with Crippen LogP contribution in [0, 0.1) is 12.8 Å². The number of benzene rings is 1. The lowest BCUT2D eigenvalue weighted by atomic mass is 10.0. The quantitative estimate of drug-likeness (QED) is 0.840. The number of hydrogen-bond donors (Lipinski definition) is 2. The molecule has 0 bridgehead atoms. The zero-order valence-electron chi connectivity index (χ0n) is 12.2. The molecule has 0 aromatic heterocycles. The largest absolute Gasteiger partial charge is 0.481 e. The van der Waals surface area contributed by atoms with Crippen molar-refractivity contribution in [3.63, 3.8) is 0 Å². The summed E-state index contributed by atoms with van der Waals surface area (Å²) in [5, 5.41) is 11.7.